The normalized spacial score (nSPS) is 9.00. The molecule has 0 amide bonds. The Morgan fingerprint density at radius 3 is 0.500 bits per heavy atom. The van der Waals surface area contributed by atoms with Crippen molar-refractivity contribution in [3.63, 3.8) is 0 Å². The Hall–Kier alpha value is 1.64. The molecule has 0 aliphatic rings. The van der Waals surface area contributed by atoms with Crippen LogP contribution in [0.5, 0.6) is 0 Å². The first-order valence-electron chi connectivity index (χ1n) is 2.68. The third-order valence-electron chi connectivity index (χ3n) is 0. The van der Waals surface area contributed by atoms with E-state index in [1.165, 1.54) is 0 Å². The maximum atomic E-state index is 2.35. The SMILES string of the molecule is [CH3][Sb+]([CH3])[CH3].[CH3][Sb+]([CH3])[CH3]. The zero-order valence-corrected chi connectivity index (χ0v) is 12.0. The van der Waals surface area contributed by atoms with Gasteiger partial charge < -0.3 is 0 Å². The van der Waals surface area contributed by atoms with Crippen LogP contribution in [0.15, 0.2) is 0 Å². The zero-order chi connectivity index (χ0) is 7.15. The van der Waals surface area contributed by atoms with E-state index in [0.29, 0.717) is 0 Å². The fraction of sp³-hybridized carbons (Fsp3) is 1.00. The van der Waals surface area contributed by atoms with Gasteiger partial charge in [-0.25, -0.2) is 0 Å². The fourth-order valence-corrected chi connectivity index (χ4v) is 0. The van der Waals surface area contributed by atoms with Crippen LogP contribution in [0, 0.1) is 0 Å². The molecule has 0 spiro atoms. The Labute approximate surface area is 69.0 Å². The van der Waals surface area contributed by atoms with Crippen molar-refractivity contribution >= 4 is 40.4 Å². The van der Waals surface area contributed by atoms with Crippen molar-refractivity contribution in [3.8, 4) is 0 Å². The molecule has 0 saturated heterocycles. The molecule has 0 unspecified atom stereocenters. The van der Waals surface area contributed by atoms with E-state index < -0.39 is 40.4 Å². The van der Waals surface area contributed by atoms with Gasteiger partial charge in [0.2, 0.25) is 0 Å². The Morgan fingerprint density at radius 2 is 0.500 bits per heavy atom. The van der Waals surface area contributed by atoms with Crippen molar-refractivity contribution in [2.45, 2.75) is 29.2 Å². The second-order valence-corrected chi connectivity index (χ2v) is 18.0. The van der Waals surface area contributed by atoms with Gasteiger partial charge in [0, 0.05) is 0 Å². The van der Waals surface area contributed by atoms with E-state index in [9.17, 15) is 0 Å². The van der Waals surface area contributed by atoms with Crippen molar-refractivity contribution in [2.24, 2.45) is 0 Å². The van der Waals surface area contributed by atoms with Gasteiger partial charge in [0.15, 0.2) is 0 Å². The number of rotatable bonds is 0. The van der Waals surface area contributed by atoms with Crippen molar-refractivity contribution in [1.29, 1.82) is 0 Å². The van der Waals surface area contributed by atoms with Crippen molar-refractivity contribution < 1.29 is 0 Å². The molecule has 0 heterocycles. The van der Waals surface area contributed by atoms with Crippen molar-refractivity contribution in [1.82, 2.24) is 0 Å². The van der Waals surface area contributed by atoms with Gasteiger partial charge in [-0.3, -0.25) is 0 Å². The van der Waals surface area contributed by atoms with E-state index in [1.54, 1.807) is 0 Å². The van der Waals surface area contributed by atoms with Crippen LogP contribution in [-0.2, 0) is 0 Å². The first-order chi connectivity index (χ1) is 3.46. The maximum absolute atomic E-state index is 2.35. The van der Waals surface area contributed by atoms with Crippen LogP contribution in [-0.4, -0.2) is 40.4 Å². The van der Waals surface area contributed by atoms with E-state index in [0.717, 1.165) is 0 Å². The molecule has 2 radical (unpaired) electrons. The molecule has 0 aromatic carbocycles. The second-order valence-electron chi connectivity index (χ2n) is 2.68. The Kier molecular flexibility index (Phi) is 13.3. The van der Waals surface area contributed by atoms with E-state index >= 15 is 0 Å². The third kappa shape index (κ3) is 126. The van der Waals surface area contributed by atoms with Crippen LogP contribution in [0.25, 0.3) is 0 Å². The monoisotopic (exact) mass is 332 g/mol. The summed E-state index contributed by atoms with van der Waals surface area (Å²) in [6.07, 6.45) is 0. The molecular weight excluding hydrogens is 316 g/mol. The van der Waals surface area contributed by atoms with E-state index in [1.807, 2.05) is 0 Å². The molecule has 0 fully saturated rings. The molecule has 2 heteroatoms. The predicted octanol–water partition coefficient (Wildman–Crippen LogP) is 2.74. The van der Waals surface area contributed by atoms with Crippen LogP contribution < -0.4 is 0 Å². The molecule has 0 rings (SSSR count). The Bertz CT molecular complexity index is 22.0. The van der Waals surface area contributed by atoms with Gasteiger partial charge in [0.1, 0.15) is 0 Å². The quantitative estimate of drug-likeness (QED) is 0.598. The molecule has 0 aromatic rings. The standard InChI is InChI=1S/6CH3.2Sb/h6*1H3;;/q;;;;;;2*+1. The molecule has 8 heavy (non-hydrogen) atoms. The Morgan fingerprint density at radius 1 is 0.500 bits per heavy atom. The summed E-state index contributed by atoms with van der Waals surface area (Å²) in [6.45, 7) is 0. The summed E-state index contributed by atoms with van der Waals surface area (Å²) < 4.78 is 0. The zero-order valence-electron chi connectivity index (χ0n) is 6.89. The first-order valence-corrected chi connectivity index (χ1v) is 18.0. The number of hydrogen-bond donors (Lipinski definition) is 0. The molecule has 0 aliphatic heterocycles. The minimum atomic E-state index is -0.450. The fourth-order valence-electron chi connectivity index (χ4n) is 0. The first kappa shape index (κ1) is 12.3. The molecule has 0 atom stereocenters. The average Bonchev–Trinajstić information content (AvgIpc) is 1.25. The van der Waals surface area contributed by atoms with E-state index in [4.69, 9.17) is 0 Å². The topological polar surface area (TPSA) is 0 Å². The van der Waals surface area contributed by atoms with Crippen LogP contribution >= 0.6 is 0 Å². The van der Waals surface area contributed by atoms with E-state index in [-0.39, 0.29) is 0 Å². The average molecular weight is 334 g/mol. The van der Waals surface area contributed by atoms with Gasteiger partial charge in [0.05, 0.1) is 0 Å². The number of hydrogen-bond acceptors (Lipinski definition) is 0. The summed E-state index contributed by atoms with van der Waals surface area (Å²) >= 11 is -0.900. The van der Waals surface area contributed by atoms with Crippen LogP contribution in [0.4, 0.5) is 0 Å². The van der Waals surface area contributed by atoms with Crippen LogP contribution in [0.2, 0.25) is 29.2 Å². The van der Waals surface area contributed by atoms with Gasteiger partial charge in [0.25, 0.3) is 0 Å². The van der Waals surface area contributed by atoms with Gasteiger partial charge in [-0.2, -0.15) is 0 Å². The molecule has 0 aromatic heterocycles. The Balaban J connectivity index is 0. The van der Waals surface area contributed by atoms with Crippen molar-refractivity contribution in [3.05, 3.63) is 0 Å². The molecule has 0 saturated carbocycles. The van der Waals surface area contributed by atoms with Gasteiger partial charge in [-0.1, -0.05) is 0 Å². The summed E-state index contributed by atoms with van der Waals surface area (Å²) in [6, 6.07) is 0. The van der Waals surface area contributed by atoms with Crippen LogP contribution in [0.3, 0.4) is 0 Å². The van der Waals surface area contributed by atoms with Gasteiger partial charge in [-0.15, -0.1) is 0 Å². The summed E-state index contributed by atoms with van der Waals surface area (Å²) in [5, 5.41) is 0. The molecular formula is C6H18Sb2+2. The van der Waals surface area contributed by atoms with Crippen LogP contribution in [0.1, 0.15) is 0 Å². The summed E-state index contributed by atoms with van der Waals surface area (Å²) in [7, 11) is 0. The molecule has 0 nitrogen and oxygen atoms in total. The summed E-state index contributed by atoms with van der Waals surface area (Å²) in [4.78, 5) is 14.1. The molecule has 0 bridgehead atoms. The molecule has 50 valence electrons. The molecule has 0 N–H and O–H groups in total. The van der Waals surface area contributed by atoms with Gasteiger partial charge in [-0.05, 0) is 0 Å². The summed E-state index contributed by atoms with van der Waals surface area (Å²) in [5.74, 6) is 0. The van der Waals surface area contributed by atoms with E-state index in [2.05, 4.69) is 29.2 Å². The molecule has 0 aliphatic carbocycles. The third-order valence-corrected chi connectivity index (χ3v) is 0. The summed E-state index contributed by atoms with van der Waals surface area (Å²) in [5.41, 5.74) is 0. The minimum absolute atomic E-state index is 0.450. The van der Waals surface area contributed by atoms with Crippen molar-refractivity contribution in [2.75, 3.05) is 0 Å². The second kappa shape index (κ2) is 8.64. The predicted molar refractivity (Wildman–Crippen MR) is 46.7 cm³/mol. The van der Waals surface area contributed by atoms with Gasteiger partial charge >= 0.3 is 69.6 Å².